The summed E-state index contributed by atoms with van der Waals surface area (Å²) in [6, 6.07) is 7.04. The van der Waals surface area contributed by atoms with Gasteiger partial charge in [-0.15, -0.1) is 11.3 Å². The van der Waals surface area contributed by atoms with Crippen LogP contribution >= 0.6 is 11.3 Å². The number of hydrogen-bond donors (Lipinski definition) is 1. The van der Waals surface area contributed by atoms with E-state index in [-0.39, 0.29) is 10.6 Å². The molecule has 1 aliphatic rings. The third kappa shape index (κ3) is 3.19. The Labute approximate surface area is 150 Å². The molecule has 5 nitrogen and oxygen atoms in total. The van der Waals surface area contributed by atoms with Gasteiger partial charge >= 0.3 is 11.8 Å². The Hall–Kier alpha value is -2.39. The number of nitrogens with one attached hydrogen (secondary N) is 1. The number of halogens is 3. The van der Waals surface area contributed by atoms with Crippen LogP contribution in [0.15, 0.2) is 38.9 Å². The summed E-state index contributed by atoms with van der Waals surface area (Å²) in [7, 11) is 0. The lowest BCUT2D eigenvalue weighted by Gasteiger charge is -2.29. The monoisotopic (exact) mass is 381 g/mol. The van der Waals surface area contributed by atoms with Crippen LogP contribution in [0.5, 0.6) is 0 Å². The molecular formula is C17H14F3N3O2S. The Morgan fingerprint density at radius 3 is 2.65 bits per heavy atom. The van der Waals surface area contributed by atoms with E-state index in [9.17, 15) is 18.0 Å². The summed E-state index contributed by atoms with van der Waals surface area (Å²) in [5.41, 5.74) is -0.317. The summed E-state index contributed by atoms with van der Waals surface area (Å²) in [4.78, 5) is 18.0. The van der Waals surface area contributed by atoms with Gasteiger partial charge in [0.2, 0.25) is 0 Å². The van der Waals surface area contributed by atoms with Crippen molar-refractivity contribution in [2.75, 3.05) is 31.1 Å². The number of anilines is 1. The van der Waals surface area contributed by atoms with E-state index < -0.39 is 17.5 Å². The van der Waals surface area contributed by atoms with Crippen molar-refractivity contribution in [3.05, 3.63) is 45.8 Å². The van der Waals surface area contributed by atoms with E-state index in [1.807, 2.05) is 6.07 Å². The zero-order chi connectivity index (χ0) is 18.3. The van der Waals surface area contributed by atoms with Crippen LogP contribution in [0.3, 0.4) is 0 Å². The molecule has 0 saturated carbocycles. The third-order valence-electron chi connectivity index (χ3n) is 4.23. The van der Waals surface area contributed by atoms with E-state index in [1.54, 1.807) is 12.1 Å². The predicted octanol–water partition coefficient (Wildman–Crippen LogP) is 3.34. The van der Waals surface area contributed by atoms with Gasteiger partial charge < -0.3 is 14.6 Å². The van der Waals surface area contributed by atoms with Gasteiger partial charge in [-0.2, -0.15) is 13.2 Å². The average Bonchev–Trinajstić information content (AvgIpc) is 3.12. The first-order valence-corrected chi connectivity index (χ1v) is 8.86. The molecule has 1 aromatic carbocycles. The number of rotatable bonds is 2. The van der Waals surface area contributed by atoms with E-state index in [0.717, 1.165) is 48.6 Å². The van der Waals surface area contributed by atoms with Gasteiger partial charge in [-0.05, 0) is 18.2 Å². The lowest BCUT2D eigenvalue weighted by molar-refractivity contribution is -0.140. The molecule has 0 unspecified atom stereocenters. The summed E-state index contributed by atoms with van der Waals surface area (Å²) >= 11 is 0.772. The number of benzene rings is 1. The minimum Gasteiger partial charge on any atom is -0.422 e. The van der Waals surface area contributed by atoms with Gasteiger partial charge in [0.1, 0.15) is 10.6 Å². The number of thiazole rings is 1. The van der Waals surface area contributed by atoms with E-state index in [0.29, 0.717) is 11.0 Å². The molecule has 0 amide bonds. The molecule has 9 heteroatoms. The highest BCUT2D eigenvalue weighted by molar-refractivity contribution is 7.13. The molecule has 1 aliphatic heterocycles. The Kier molecular flexibility index (Phi) is 4.20. The molecule has 4 rings (SSSR count). The number of alkyl halides is 3. The molecule has 3 heterocycles. The minimum atomic E-state index is -4.54. The first-order valence-electron chi connectivity index (χ1n) is 7.98. The molecule has 0 spiro atoms. The van der Waals surface area contributed by atoms with Crippen molar-refractivity contribution in [2.45, 2.75) is 6.18 Å². The summed E-state index contributed by atoms with van der Waals surface area (Å²) in [6.45, 7) is 3.47. The molecule has 1 N–H and O–H groups in total. The van der Waals surface area contributed by atoms with Crippen molar-refractivity contribution in [1.82, 2.24) is 10.3 Å². The molecule has 2 aromatic heterocycles. The van der Waals surface area contributed by atoms with Crippen LogP contribution in [0, 0.1) is 0 Å². The topological polar surface area (TPSA) is 58.4 Å². The summed E-state index contributed by atoms with van der Waals surface area (Å²) in [5, 5.41) is 4.80. The number of nitrogens with zero attached hydrogens (tertiary/aromatic N) is 2. The largest absolute Gasteiger partial charge is 0.434 e. The van der Waals surface area contributed by atoms with Crippen molar-refractivity contribution >= 4 is 28.0 Å². The van der Waals surface area contributed by atoms with Crippen LogP contribution in [0.4, 0.5) is 18.9 Å². The zero-order valence-corrected chi connectivity index (χ0v) is 14.3. The van der Waals surface area contributed by atoms with Gasteiger partial charge in [-0.1, -0.05) is 0 Å². The first-order chi connectivity index (χ1) is 12.4. The molecule has 0 atom stereocenters. The molecular weight excluding hydrogens is 367 g/mol. The first kappa shape index (κ1) is 17.0. The maximum absolute atomic E-state index is 12.7. The van der Waals surface area contributed by atoms with E-state index >= 15 is 0 Å². The number of piperazine rings is 1. The molecule has 1 saturated heterocycles. The average molecular weight is 381 g/mol. The minimum absolute atomic E-state index is 0.000781. The van der Waals surface area contributed by atoms with Crippen molar-refractivity contribution in [3.8, 4) is 10.6 Å². The van der Waals surface area contributed by atoms with Gasteiger partial charge in [0.25, 0.3) is 0 Å². The number of fused-ring (bicyclic) bond motifs is 1. The molecule has 0 bridgehead atoms. The zero-order valence-electron chi connectivity index (χ0n) is 13.5. The Morgan fingerprint density at radius 2 is 1.96 bits per heavy atom. The lowest BCUT2D eigenvalue weighted by atomic mass is 10.1. The molecule has 0 radical (unpaired) electrons. The van der Waals surface area contributed by atoms with Crippen molar-refractivity contribution in [3.63, 3.8) is 0 Å². The van der Waals surface area contributed by atoms with Gasteiger partial charge in [-0.3, -0.25) is 0 Å². The van der Waals surface area contributed by atoms with Crippen LogP contribution < -0.4 is 15.8 Å². The Balaban J connectivity index is 1.73. The van der Waals surface area contributed by atoms with E-state index in [4.69, 9.17) is 4.42 Å². The molecule has 136 valence electrons. The Bertz CT molecular complexity index is 1010. The maximum Gasteiger partial charge on any atom is 0.434 e. The van der Waals surface area contributed by atoms with Gasteiger partial charge in [0.15, 0.2) is 5.69 Å². The van der Waals surface area contributed by atoms with E-state index in [1.165, 1.54) is 6.07 Å². The quantitative estimate of drug-likeness (QED) is 0.690. The highest BCUT2D eigenvalue weighted by atomic mass is 32.1. The molecule has 3 aromatic rings. The lowest BCUT2D eigenvalue weighted by Crippen LogP contribution is -2.43. The fourth-order valence-corrected chi connectivity index (χ4v) is 3.73. The molecule has 0 aliphatic carbocycles. The molecule has 26 heavy (non-hydrogen) atoms. The highest BCUT2D eigenvalue weighted by Gasteiger charge is 2.34. The number of aromatic nitrogens is 1. The van der Waals surface area contributed by atoms with Crippen molar-refractivity contribution < 1.29 is 17.6 Å². The van der Waals surface area contributed by atoms with Crippen LogP contribution in [0.1, 0.15) is 5.69 Å². The standard InChI is InChI=1S/C17H14F3N3O2S/c18-17(19,20)14-9-26-15(22-14)12-7-10-1-2-11(8-13(10)25-16(12)24)23-5-3-21-4-6-23/h1-2,7-9,21H,3-6H2. The fraction of sp³-hybridized carbons (Fsp3) is 0.294. The second kappa shape index (κ2) is 6.40. The highest BCUT2D eigenvalue weighted by Crippen LogP contribution is 2.33. The Morgan fingerprint density at radius 1 is 1.19 bits per heavy atom. The van der Waals surface area contributed by atoms with Gasteiger partial charge in [0.05, 0.1) is 5.56 Å². The van der Waals surface area contributed by atoms with Crippen LogP contribution in [0.25, 0.3) is 21.5 Å². The second-order valence-electron chi connectivity index (χ2n) is 5.94. The summed E-state index contributed by atoms with van der Waals surface area (Å²) in [6.07, 6.45) is -4.54. The van der Waals surface area contributed by atoms with Crippen molar-refractivity contribution in [2.24, 2.45) is 0 Å². The normalized spacial score (nSPS) is 15.6. The predicted molar refractivity (Wildman–Crippen MR) is 93.7 cm³/mol. The maximum atomic E-state index is 12.7. The summed E-state index contributed by atoms with van der Waals surface area (Å²) in [5.74, 6) is 0. The van der Waals surface area contributed by atoms with Crippen LogP contribution in [-0.2, 0) is 6.18 Å². The second-order valence-corrected chi connectivity index (χ2v) is 6.80. The fourth-order valence-electron chi connectivity index (χ4n) is 2.90. The van der Waals surface area contributed by atoms with Crippen LogP contribution in [0.2, 0.25) is 0 Å². The van der Waals surface area contributed by atoms with Gasteiger partial charge in [0, 0.05) is 48.7 Å². The third-order valence-corrected chi connectivity index (χ3v) is 5.10. The molecule has 1 fully saturated rings. The summed E-state index contributed by atoms with van der Waals surface area (Å²) < 4.78 is 43.5. The van der Waals surface area contributed by atoms with Crippen LogP contribution in [-0.4, -0.2) is 31.2 Å². The number of hydrogen-bond acceptors (Lipinski definition) is 6. The van der Waals surface area contributed by atoms with E-state index in [2.05, 4.69) is 15.2 Å². The smallest absolute Gasteiger partial charge is 0.422 e. The SMILES string of the molecule is O=c1oc2cc(N3CCNCC3)ccc2cc1-c1nc(C(F)(F)F)cs1. The van der Waals surface area contributed by atoms with Gasteiger partial charge in [-0.25, -0.2) is 9.78 Å². The van der Waals surface area contributed by atoms with Crippen molar-refractivity contribution in [1.29, 1.82) is 0 Å².